The van der Waals surface area contributed by atoms with Crippen molar-refractivity contribution in [1.82, 2.24) is 0 Å². The summed E-state index contributed by atoms with van der Waals surface area (Å²) in [6.45, 7) is 4.00. The Hall–Kier alpha value is -2.56. The molecule has 2 rings (SSSR count). The van der Waals surface area contributed by atoms with Gasteiger partial charge in [-0.25, -0.2) is 0 Å². The normalized spacial score (nSPS) is 10.3. The van der Waals surface area contributed by atoms with Crippen LogP contribution >= 0.6 is 0 Å². The lowest BCUT2D eigenvalue weighted by Crippen LogP contribution is -2.01. The van der Waals surface area contributed by atoms with Crippen LogP contribution < -0.4 is 5.32 Å². The van der Waals surface area contributed by atoms with Crippen molar-refractivity contribution in [3.63, 3.8) is 0 Å². The monoisotopic (exact) mass is 272 g/mol. The third kappa shape index (κ3) is 3.06. The van der Waals surface area contributed by atoms with Gasteiger partial charge in [-0.2, -0.15) is 0 Å². The van der Waals surface area contributed by atoms with Crippen molar-refractivity contribution in [3.8, 4) is 5.75 Å². The van der Waals surface area contributed by atoms with Crippen LogP contribution in [0.2, 0.25) is 0 Å². The molecule has 0 aliphatic heterocycles. The minimum Gasteiger partial charge on any atom is -0.508 e. The molecule has 0 heterocycles. The molecule has 0 aliphatic carbocycles. The molecule has 0 atom stereocenters. The van der Waals surface area contributed by atoms with Crippen LogP contribution in [0.1, 0.15) is 16.7 Å². The molecule has 0 saturated carbocycles. The highest BCUT2D eigenvalue weighted by Gasteiger charge is 2.10. The highest BCUT2D eigenvalue weighted by Crippen LogP contribution is 2.23. The topological polar surface area (TPSA) is 75.4 Å². The van der Waals surface area contributed by atoms with Crippen LogP contribution in [0.5, 0.6) is 5.75 Å². The molecule has 0 unspecified atom stereocenters. The molecule has 5 nitrogen and oxygen atoms in total. The summed E-state index contributed by atoms with van der Waals surface area (Å²) in [5.74, 6) is 0.227. The average molecular weight is 272 g/mol. The third-order valence-corrected chi connectivity index (χ3v) is 3.18. The van der Waals surface area contributed by atoms with Gasteiger partial charge in [-0.05, 0) is 31.0 Å². The molecule has 2 aromatic rings. The van der Waals surface area contributed by atoms with Gasteiger partial charge < -0.3 is 10.4 Å². The van der Waals surface area contributed by atoms with E-state index in [1.165, 1.54) is 0 Å². The van der Waals surface area contributed by atoms with Crippen LogP contribution in [0.3, 0.4) is 0 Å². The van der Waals surface area contributed by atoms with Crippen molar-refractivity contribution < 1.29 is 10.0 Å². The summed E-state index contributed by atoms with van der Waals surface area (Å²) in [6, 6.07) is 10.5. The fourth-order valence-electron chi connectivity index (χ4n) is 1.89. The van der Waals surface area contributed by atoms with Gasteiger partial charge in [-0.15, -0.1) is 0 Å². The predicted octanol–water partition coefficient (Wildman–Crippen LogP) is 3.53. The Morgan fingerprint density at radius 3 is 2.50 bits per heavy atom. The van der Waals surface area contributed by atoms with Crippen molar-refractivity contribution in [2.75, 3.05) is 5.32 Å². The Morgan fingerprint density at radius 2 is 1.85 bits per heavy atom. The summed E-state index contributed by atoms with van der Waals surface area (Å²) in [5, 5.41) is 23.6. The number of nitro groups is 1. The van der Waals surface area contributed by atoms with Crippen LogP contribution in [0, 0.1) is 24.0 Å². The highest BCUT2D eigenvalue weighted by atomic mass is 16.6. The number of nitro benzene ring substituents is 1. The van der Waals surface area contributed by atoms with E-state index in [1.807, 2.05) is 25.1 Å². The van der Waals surface area contributed by atoms with E-state index in [1.54, 1.807) is 25.1 Å². The number of benzene rings is 2. The Kier molecular flexibility index (Phi) is 3.89. The number of nitrogens with zero attached hydrogens (tertiary/aromatic N) is 1. The molecule has 0 aliphatic rings. The van der Waals surface area contributed by atoms with Gasteiger partial charge in [0.15, 0.2) is 0 Å². The maximum atomic E-state index is 10.9. The zero-order chi connectivity index (χ0) is 14.7. The van der Waals surface area contributed by atoms with Crippen LogP contribution in [-0.4, -0.2) is 10.0 Å². The molecule has 0 amide bonds. The van der Waals surface area contributed by atoms with E-state index in [-0.39, 0.29) is 16.4 Å². The molecular formula is C15H16N2O3. The Labute approximate surface area is 117 Å². The number of anilines is 1. The molecule has 5 heteroatoms. The van der Waals surface area contributed by atoms with Crippen LogP contribution in [0.15, 0.2) is 36.4 Å². The van der Waals surface area contributed by atoms with Crippen molar-refractivity contribution >= 4 is 11.4 Å². The molecule has 0 bridgehead atoms. The lowest BCUT2D eigenvalue weighted by atomic mass is 10.1. The second-order valence-electron chi connectivity index (χ2n) is 4.73. The van der Waals surface area contributed by atoms with E-state index < -0.39 is 0 Å². The third-order valence-electron chi connectivity index (χ3n) is 3.18. The first-order valence-corrected chi connectivity index (χ1v) is 6.25. The summed E-state index contributed by atoms with van der Waals surface area (Å²) >= 11 is 0. The quantitative estimate of drug-likeness (QED) is 0.659. The van der Waals surface area contributed by atoms with E-state index in [0.717, 1.165) is 16.8 Å². The van der Waals surface area contributed by atoms with Gasteiger partial charge in [0, 0.05) is 29.9 Å². The molecule has 0 fully saturated rings. The van der Waals surface area contributed by atoms with Crippen molar-refractivity contribution in [3.05, 3.63) is 63.2 Å². The number of phenols is 1. The molecule has 104 valence electrons. The largest absolute Gasteiger partial charge is 0.508 e. The Balaban J connectivity index is 2.12. The lowest BCUT2D eigenvalue weighted by Gasteiger charge is -2.08. The van der Waals surface area contributed by atoms with E-state index >= 15 is 0 Å². The number of aryl methyl sites for hydroxylation is 2. The van der Waals surface area contributed by atoms with Gasteiger partial charge >= 0.3 is 0 Å². The zero-order valence-corrected chi connectivity index (χ0v) is 11.4. The first-order chi connectivity index (χ1) is 9.47. The SMILES string of the molecule is Cc1ccc(NCc2ccc(C)c([N+](=O)[O-])c2)cc1O. The second-order valence-corrected chi connectivity index (χ2v) is 4.73. The fraction of sp³-hybridized carbons (Fsp3) is 0.200. The van der Waals surface area contributed by atoms with Gasteiger partial charge in [0.2, 0.25) is 0 Å². The van der Waals surface area contributed by atoms with Gasteiger partial charge in [-0.1, -0.05) is 18.2 Å². The van der Waals surface area contributed by atoms with E-state index in [9.17, 15) is 15.2 Å². The number of phenolic OH excluding ortho intramolecular Hbond substituents is 1. The number of hydrogen-bond donors (Lipinski definition) is 2. The highest BCUT2D eigenvalue weighted by molar-refractivity contribution is 5.52. The summed E-state index contributed by atoms with van der Waals surface area (Å²) in [4.78, 5) is 10.5. The van der Waals surface area contributed by atoms with Crippen LogP contribution in [-0.2, 0) is 6.54 Å². The van der Waals surface area contributed by atoms with Gasteiger partial charge in [-0.3, -0.25) is 10.1 Å². The number of rotatable bonds is 4. The second kappa shape index (κ2) is 5.61. The standard InChI is InChI=1S/C15H16N2O3/c1-10-3-5-12(7-14(10)17(19)20)9-16-13-6-4-11(2)15(18)8-13/h3-8,16,18H,9H2,1-2H3. The zero-order valence-electron chi connectivity index (χ0n) is 11.4. The lowest BCUT2D eigenvalue weighted by molar-refractivity contribution is -0.385. The van der Waals surface area contributed by atoms with Gasteiger partial charge in [0.1, 0.15) is 5.75 Å². The molecule has 0 radical (unpaired) electrons. The van der Waals surface area contributed by atoms with E-state index in [0.29, 0.717) is 12.1 Å². The molecule has 0 spiro atoms. The molecule has 2 N–H and O–H groups in total. The first kappa shape index (κ1) is 13.9. The van der Waals surface area contributed by atoms with Crippen molar-refractivity contribution in [1.29, 1.82) is 0 Å². The molecule has 2 aromatic carbocycles. The maximum absolute atomic E-state index is 10.9. The van der Waals surface area contributed by atoms with Gasteiger partial charge in [0.25, 0.3) is 5.69 Å². The van der Waals surface area contributed by atoms with Gasteiger partial charge in [0.05, 0.1) is 4.92 Å². The summed E-state index contributed by atoms with van der Waals surface area (Å²) in [7, 11) is 0. The van der Waals surface area contributed by atoms with Crippen LogP contribution in [0.25, 0.3) is 0 Å². The molecular weight excluding hydrogens is 256 g/mol. The average Bonchev–Trinajstić information content (AvgIpc) is 2.41. The Bertz CT molecular complexity index is 654. The Morgan fingerprint density at radius 1 is 1.15 bits per heavy atom. The smallest absolute Gasteiger partial charge is 0.272 e. The molecule has 0 saturated heterocycles. The first-order valence-electron chi connectivity index (χ1n) is 6.25. The van der Waals surface area contributed by atoms with E-state index in [4.69, 9.17) is 0 Å². The summed E-state index contributed by atoms with van der Waals surface area (Å²) < 4.78 is 0. The number of hydrogen-bond acceptors (Lipinski definition) is 4. The summed E-state index contributed by atoms with van der Waals surface area (Å²) in [6.07, 6.45) is 0. The van der Waals surface area contributed by atoms with Crippen LogP contribution in [0.4, 0.5) is 11.4 Å². The maximum Gasteiger partial charge on any atom is 0.272 e. The summed E-state index contributed by atoms with van der Waals surface area (Å²) in [5.41, 5.74) is 3.17. The number of aromatic hydroxyl groups is 1. The molecule has 20 heavy (non-hydrogen) atoms. The minimum absolute atomic E-state index is 0.121. The van der Waals surface area contributed by atoms with Crippen molar-refractivity contribution in [2.45, 2.75) is 20.4 Å². The van der Waals surface area contributed by atoms with Crippen molar-refractivity contribution in [2.24, 2.45) is 0 Å². The predicted molar refractivity (Wildman–Crippen MR) is 78.0 cm³/mol. The number of nitrogens with one attached hydrogen (secondary N) is 1. The van der Waals surface area contributed by atoms with E-state index in [2.05, 4.69) is 5.32 Å². The molecule has 0 aromatic heterocycles. The minimum atomic E-state index is -0.378. The fourth-order valence-corrected chi connectivity index (χ4v) is 1.89.